The third-order valence-corrected chi connectivity index (χ3v) is 4.62. The molecular weight excluding hydrogens is 248 g/mol. The summed E-state index contributed by atoms with van der Waals surface area (Å²) in [7, 11) is 0. The van der Waals surface area contributed by atoms with Crippen molar-refractivity contribution in [1.82, 2.24) is 5.43 Å². The summed E-state index contributed by atoms with van der Waals surface area (Å²) in [5.41, 5.74) is 4.17. The molecule has 1 aromatic heterocycles. The minimum absolute atomic E-state index is 0.223. The van der Waals surface area contributed by atoms with Gasteiger partial charge in [0.25, 0.3) is 0 Å². The Morgan fingerprint density at radius 3 is 2.65 bits per heavy atom. The van der Waals surface area contributed by atoms with Gasteiger partial charge in [-0.2, -0.15) is 0 Å². The number of thioether (sulfide) groups is 1. The highest BCUT2D eigenvalue weighted by Crippen LogP contribution is 2.26. The number of benzene rings is 1. The van der Waals surface area contributed by atoms with Gasteiger partial charge in [0.05, 0.1) is 6.04 Å². The Hall–Kier alpha value is -0.810. The quantitative estimate of drug-likeness (QED) is 0.494. The van der Waals surface area contributed by atoms with E-state index in [2.05, 4.69) is 54.1 Å². The third-order valence-electron chi connectivity index (χ3n) is 2.53. The van der Waals surface area contributed by atoms with Crippen LogP contribution in [0.4, 0.5) is 0 Å². The van der Waals surface area contributed by atoms with Gasteiger partial charge in [-0.1, -0.05) is 23.8 Å². The van der Waals surface area contributed by atoms with Gasteiger partial charge in [0.15, 0.2) is 0 Å². The molecule has 1 aromatic carbocycles. The van der Waals surface area contributed by atoms with Crippen molar-refractivity contribution in [3.05, 3.63) is 52.2 Å². The molecule has 90 valence electrons. The molecule has 0 aliphatic carbocycles. The molecule has 17 heavy (non-hydrogen) atoms. The summed E-state index contributed by atoms with van der Waals surface area (Å²) in [6.07, 6.45) is 0. The first-order valence-electron chi connectivity index (χ1n) is 5.48. The monoisotopic (exact) mass is 264 g/mol. The molecule has 2 nitrogen and oxygen atoms in total. The van der Waals surface area contributed by atoms with Crippen LogP contribution >= 0.6 is 23.1 Å². The predicted octanol–water partition coefficient (Wildman–Crippen LogP) is 3.35. The molecule has 1 unspecified atom stereocenters. The number of aryl methyl sites for hydroxylation is 1. The number of rotatable bonds is 5. The van der Waals surface area contributed by atoms with E-state index >= 15 is 0 Å². The van der Waals surface area contributed by atoms with E-state index in [0.717, 1.165) is 5.75 Å². The van der Waals surface area contributed by atoms with Crippen LogP contribution < -0.4 is 11.3 Å². The highest BCUT2D eigenvalue weighted by molar-refractivity contribution is 7.99. The molecule has 1 atom stereocenters. The van der Waals surface area contributed by atoms with Gasteiger partial charge in [0, 0.05) is 15.5 Å². The Kier molecular flexibility index (Phi) is 4.62. The Labute approximate surface area is 110 Å². The molecule has 0 saturated carbocycles. The molecule has 2 rings (SSSR count). The van der Waals surface area contributed by atoms with Crippen molar-refractivity contribution >= 4 is 23.1 Å². The summed E-state index contributed by atoms with van der Waals surface area (Å²) in [5, 5.41) is 2.08. The van der Waals surface area contributed by atoms with Crippen molar-refractivity contribution < 1.29 is 0 Å². The zero-order valence-corrected chi connectivity index (χ0v) is 11.4. The molecule has 0 radical (unpaired) electrons. The van der Waals surface area contributed by atoms with Gasteiger partial charge in [-0.3, -0.25) is 11.3 Å². The van der Waals surface area contributed by atoms with Crippen molar-refractivity contribution in [2.24, 2.45) is 5.84 Å². The summed E-state index contributed by atoms with van der Waals surface area (Å²) in [6.45, 7) is 2.10. The Morgan fingerprint density at radius 1 is 1.29 bits per heavy atom. The van der Waals surface area contributed by atoms with E-state index in [-0.39, 0.29) is 6.04 Å². The molecule has 2 aromatic rings. The number of nitrogens with one attached hydrogen (secondary N) is 1. The fourth-order valence-electron chi connectivity index (χ4n) is 1.52. The molecule has 0 saturated heterocycles. The first-order valence-corrected chi connectivity index (χ1v) is 7.35. The van der Waals surface area contributed by atoms with Crippen LogP contribution in [-0.4, -0.2) is 5.75 Å². The van der Waals surface area contributed by atoms with Crippen LogP contribution in [0.15, 0.2) is 46.7 Å². The number of thiophene rings is 1. The van der Waals surface area contributed by atoms with Gasteiger partial charge in [-0.25, -0.2) is 0 Å². The summed E-state index contributed by atoms with van der Waals surface area (Å²) >= 11 is 3.56. The van der Waals surface area contributed by atoms with E-state index < -0.39 is 0 Å². The standard InChI is InChI=1S/C13H16N2S2/c1-10-4-6-11(7-5-10)17-9-12(15-14)13-3-2-8-16-13/h2-8,12,15H,9,14H2,1H3. The lowest BCUT2D eigenvalue weighted by Gasteiger charge is -2.13. The third kappa shape index (κ3) is 3.57. The van der Waals surface area contributed by atoms with Crippen LogP contribution in [-0.2, 0) is 0 Å². The van der Waals surface area contributed by atoms with E-state index in [0.29, 0.717) is 0 Å². The zero-order chi connectivity index (χ0) is 12.1. The molecule has 0 spiro atoms. The van der Waals surface area contributed by atoms with Crippen molar-refractivity contribution in [2.75, 3.05) is 5.75 Å². The average molecular weight is 264 g/mol. The molecule has 0 aliphatic heterocycles. The van der Waals surface area contributed by atoms with Crippen LogP contribution in [0.3, 0.4) is 0 Å². The van der Waals surface area contributed by atoms with E-state index in [9.17, 15) is 0 Å². The van der Waals surface area contributed by atoms with Gasteiger partial charge < -0.3 is 0 Å². The Bertz CT molecular complexity index is 437. The van der Waals surface area contributed by atoms with Crippen LogP contribution in [0.1, 0.15) is 16.5 Å². The number of nitrogens with two attached hydrogens (primary N) is 1. The lowest BCUT2D eigenvalue weighted by atomic mass is 10.2. The van der Waals surface area contributed by atoms with Gasteiger partial charge in [-0.15, -0.1) is 23.1 Å². The number of hydrazine groups is 1. The first kappa shape index (κ1) is 12.6. The fraction of sp³-hybridized carbons (Fsp3) is 0.231. The van der Waals surface area contributed by atoms with E-state index in [1.54, 1.807) is 11.3 Å². The van der Waals surface area contributed by atoms with Crippen LogP contribution in [0.5, 0.6) is 0 Å². The minimum atomic E-state index is 0.223. The SMILES string of the molecule is Cc1ccc(SCC(NN)c2cccs2)cc1. The minimum Gasteiger partial charge on any atom is -0.271 e. The molecule has 1 heterocycles. The second-order valence-corrected chi connectivity index (χ2v) is 5.93. The maximum Gasteiger partial charge on any atom is 0.0647 e. The second kappa shape index (κ2) is 6.21. The largest absolute Gasteiger partial charge is 0.271 e. The fourth-order valence-corrected chi connectivity index (χ4v) is 3.37. The van der Waals surface area contributed by atoms with Crippen LogP contribution in [0, 0.1) is 6.92 Å². The predicted molar refractivity (Wildman–Crippen MR) is 76.3 cm³/mol. The number of hydrogen-bond donors (Lipinski definition) is 2. The maximum absolute atomic E-state index is 5.60. The molecule has 0 fully saturated rings. The highest BCUT2D eigenvalue weighted by atomic mass is 32.2. The maximum atomic E-state index is 5.60. The van der Waals surface area contributed by atoms with Crippen molar-refractivity contribution in [3.63, 3.8) is 0 Å². The Balaban J connectivity index is 1.94. The van der Waals surface area contributed by atoms with E-state index in [1.165, 1.54) is 15.3 Å². The molecule has 0 amide bonds. The van der Waals surface area contributed by atoms with Gasteiger partial charge in [0.2, 0.25) is 0 Å². The average Bonchev–Trinajstić information content (AvgIpc) is 2.86. The lowest BCUT2D eigenvalue weighted by Crippen LogP contribution is -2.28. The smallest absolute Gasteiger partial charge is 0.0647 e. The Morgan fingerprint density at radius 2 is 2.06 bits per heavy atom. The highest BCUT2D eigenvalue weighted by Gasteiger charge is 2.10. The lowest BCUT2D eigenvalue weighted by molar-refractivity contribution is 0.620. The zero-order valence-electron chi connectivity index (χ0n) is 9.72. The first-order chi connectivity index (χ1) is 8.29. The summed E-state index contributed by atoms with van der Waals surface area (Å²) < 4.78 is 0. The molecule has 4 heteroatoms. The van der Waals surface area contributed by atoms with Gasteiger partial charge in [-0.05, 0) is 30.5 Å². The van der Waals surface area contributed by atoms with Crippen molar-refractivity contribution in [1.29, 1.82) is 0 Å². The molecular formula is C13H16N2S2. The van der Waals surface area contributed by atoms with Crippen molar-refractivity contribution in [3.8, 4) is 0 Å². The van der Waals surface area contributed by atoms with Gasteiger partial charge in [0.1, 0.15) is 0 Å². The number of hydrogen-bond acceptors (Lipinski definition) is 4. The summed E-state index contributed by atoms with van der Waals surface area (Å²) in [5.74, 6) is 6.54. The summed E-state index contributed by atoms with van der Waals surface area (Å²) in [6, 6.07) is 13.0. The topological polar surface area (TPSA) is 38.0 Å². The normalized spacial score (nSPS) is 12.6. The van der Waals surface area contributed by atoms with Crippen molar-refractivity contribution in [2.45, 2.75) is 17.9 Å². The van der Waals surface area contributed by atoms with Crippen LogP contribution in [0.2, 0.25) is 0 Å². The summed E-state index contributed by atoms with van der Waals surface area (Å²) in [4.78, 5) is 2.57. The second-order valence-electron chi connectivity index (χ2n) is 3.86. The van der Waals surface area contributed by atoms with E-state index in [1.807, 2.05) is 11.8 Å². The molecule has 0 bridgehead atoms. The van der Waals surface area contributed by atoms with E-state index in [4.69, 9.17) is 5.84 Å². The van der Waals surface area contributed by atoms with Gasteiger partial charge >= 0.3 is 0 Å². The van der Waals surface area contributed by atoms with Crippen LogP contribution in [0.25, 0.3) is 0 Å². The molecule has 3 N–H and O–H groups in total. The molecule has 0 aliphatic rings.